The van der Waals surface area contributed by atoms with Crippen LogP contribution in [0.4, 0.5) is 0 Å². The first kappa shape index (κ1) is 20.9. The summed E-state index contributed by atoms with van der Waals surface area (Å²) in [7, 11) is 0. The Kier molecular flexibility index (Phi) is 7.30. The number of benzene rings is 1. The lowest BCUT2D eigenvalue weighted by molar-refractivity contribution is 0.0939. The Labute approximate surface area is 173 Å². The molecule has 29 heavy (non-hydrogen) atoms. The predicted molar refractivity (Wildman–Crippen MR) is 119 cm³/mol. The Morgan fingerprint density at radius 2 is 1.83 bits per heavy atom. The van der Waals surface area contributed by atoms with E-state index in [1.54, 1.807) is 6.20 Å². The normalized spacial score (nSPS) is 12.3. The lowest BCUT2D eigenvalue weighted by Crippen LogP contribution is -2.33. The molecule has 2 heterocycles. The van der Waals surface area contributed by atoms with Crippen molar-refractivity contribution in [2.45, 2.75) is 39.7 Å². The smallest absolute Gasteiger partial charge is 0.252 e. The van der Waals surface area contributed by atoms with E-state index < -0.39 is 0 Å². The number of fused-ring (bicyclic) bond motifs is 1. The Morgan fingerprint density at radius 1 is 1.07 bits per heavy atom. The van der Waals surface area contributed by atoms with E-state index >= 15 is 0 Å². The molecule has 1 aromatic carbocycles. The number of hydrogen-bond acceptors (Lipinski definition) is 4. The lowest BCUT2D eigenvalue weighted by Gasteiger charge is -2.20. The molecule has 3 aromatic rings. The fourth-order valence-electron chi connectivity index (χ4n) is 3.54. The van der Waals surface area contributed by atoms with Crippen LogP contribution in [0.3, 0.4) is 0 Å². The molecule has 0 saturated carbocycles. The van der Waals surface area contributed by atoms with Gasteiger partial charge in [0.05, 0.1) is 22.5 Å². The maximum atomic E-state index is 13.1. The van der Waals surface area contributed by atoms with Crippen LogP contribution in [-0.4, -0.2) is 46.5 Å². The van der Waals surface area contributed by atoms with Gasteiger partial charge in [-0.1, -0.05) is 38.1 Å². The summed E-state index contributed by atoms with van der Waals surface area (Å²) in [5, 5.41) is 4.03. The Bertz CT molecular complexity index is 938. The molecular formula is C24H30N4O. The third-order valence-electron chi connectivity index (χ3n) is 5.27. The number of pyridine rings is 2. The third kappa shape index (κ3) is 5.39. The molecule has 152 valence electrons. The average molecular weight is 391 g/mol. The minimum Gasteiger partial charge on any atom is -0.350 e. The minimum absolute atomic E-state index is 0.0591. The number of hydrogen-bond donors (Lipinski definition) is 1. The minimum atomic E-state index is -0.0591. The summed E-state index contributed by atoms with van der Waals surface area (Å²) >= 11 is 0. The Morgan fingerprint density at radius 3 is 2.55 bits per heavy atom. The molecule has 1 amide bonds. The summed E-state index contributed by atoms with van der Waals surface area (Å²) < 4.78 is 0. The van der Waals surface area contributed by atoms with Crippen molar-refractivity contribution in [3.63, 3.8) is 0 Å². The van der Waals surface area contributed by atoms with Gasteiger partial charge < -0.3 is 10.2 Å². The molecular weight excluding hydrogens is 360 g/mol. The number of aromatic nitrogens is 2. The van der Waals surface area contributed by atoms with Crippen molar-refractivity contribution in [3.05, 3.63) is 60.3 Å². The van der Waals surface area contributed by atoms with Crippen molar-refractivity contribution in [2.24, 2.45) is 0 Å². The van der Waals surface area contributed by atoms with E-state index in [9.17, 15) is 4.79 Å². The topological polar surface area (TPSA) is 58.1 Å². The third-order valence-corrected chi connectivity index (χ3v) is 5.27. The highest BCUT2D eigenvalue weighted by Crippen LogP contribution is 2.23. The SMILES string of the molecule is CCN(CC)CCC[C@@H](C)NC(=O)c1cc(-c2ccccn2)nc2ccccc12. The summed E-state index contributed by atoms with van der Waals surface area (Å²) in [6.45, 7) is 9.64. The number of amides is 1. The van der Waals surface area contributed by atoms with Gasteiger partial charge in [0.25, 0.3) is 5.91 Å². The molecule has 3 rings (SSSR count). The van der Waals surface area contributed by atoms with E-state index in [0.29, 0.717) is 11.3 Å². The van der Waals surface area contributed by atoms with Gasteiger partial charge in [0, 0.05) is 17.6 Å². The molecule has 0 aliphatic rings. The first-order valence-corrected chi connectivity index (χ1v) is 10.5. The molecule has 0 aliphatic heterocycles. The van der Waals surface area contributed by atoms with Crippen molar-refractivity contribution in [3.8, 4) is 11.4 Å². The van der Waals surface area contributed by atoms with Crippen molar-refractivity contribution in [1.29, 1.82) is 0 Å². The van der Waals surface area contributed by atoms with Crippen LogP contribution in [0, 0.1) is 0 Å². The standard InChI is InChI=1S/C24H30N4O/c1-4-28(5-2)16-10-11-18(3)26-24(29)20-17-23(22-14-8-9-15-25-22)27-21-13-7-6-12-19(20)21/h6-9,12-15,17-18H,4-5,10-11,16H2,1-3H3,(H,26,29)/t18-/m1/s1. The highest BCUT2D eigenvalue weighted by molar-refractivity contribution is 6.07. The molecule has 0 radical (unpaired) electrons. The molecule has 1 atom stereocenters. The number of rotatable bonds is 9. The molecule has 0 saturated heterocycles. The van der Waals surface area contributed by atoms with E-state index in [-0.39, 0.29) is 11.9 Å². The first-order valence-electron chi connectivity index (χ1n) is 10.5. The summed E-state index contributed by atoms with van der Waals surface area (Å²) in [6, 6.07) is 15.4. The molecule has 1 N–H and O–H groups in total. The van der Waals surface area contributed by atoms with Crippen LogP contribution in [0.2, 0.25) is 0 Å². The van der Waals surface area contributed by atoms with Gasteiger partial charge in [-0.15, -0.1) is 0 Å². The quantitative estimate of drug-likeness (QED) is 0.583. The Hall–Kier alpha value is -2.79. The predicted octanol–water partition coefficient (Wildman–Crippen LogP) is 4.54. The summed E-state index contributed by atoms with van der Waals surface area (Å²) in [5.41, 5.74) is 2.92. The van der Waals surface area contributed by atoms with Gasteiger partial charge in [0.2, 0.25) is 0 Å². The van der Waals surface area contributed by atoms with E-state index in [1.165, 1.54) is 0 Å². The maximum absolute atomic E-state index is 13.1. The van der Waals surface area contributed by atoms with Crippen molar-refractivity contribution in [2.75, 3.05) is 19.6 Å². The second-order valence-electron chi connectivity index (χ2n) is 7.33. The van der Waals surface area contributed by atoms with E-state index in [0.717, 1.165) is 49.1 Å². The van der Waals surface area contributed by atoms with Crippen LogP contribution >= 0.6 is 0 Å². The molecule has 0 fully saturated rings. The molecule has 0 spiro atoms. The molecule has 0 bridgehead atoms. The van der Waals surface area contributed by atoms with E-state index in [1.807, 2.05) is 48.5 Å². The lowest BCUT2D eigenvalue weighted by atomic mass is 10.0. The van der Waals surface area contributed by atoms with Gasteiger partial charge in [-0.05, 0) is 63.7 Å². The molecule has 5 heteroatoms. The fraction of sp³-hybridized carbons (Fsp3) is 0.375. The monoisotopic (exact) mass is 390 g/mol. The van der Waals surface area contributed by atoms with Gasteiger partial charge in [-0.3, -0.25) is 9.78 Å². The van der Waals surface area contributed by atoms with Crippen molar-refractivity contribution < 1.29 is 4.79 Å². The van der Waals surface area contributed by atoms with Gasteiger partial charge in [0.1, 0.15) is 0 Å². The van der Waals surface area contributed by atoms with Gasteiger partial charge >= 0.3 is 0 Å². The number of para-hydroxylation sites is 1. The second kappa shape index (κ2) is 10.1. The van der Waals surface area contributed by atoms with Gasteiger partial charge in [0.15, 0.2) is 0 Å². The molecule has 5 nitrogen and oxygen atoms in total. The average Bonchev–Trinajstić information content (AvgIpc) is 2.76. The van der Waals surface area contributed by atoms with E-state index in [2.05, 4.69) is 36.0 Å². The van der Waals surface area contributed by atoms with Crippen LogP contribution in [0.25, 0.3) is 22.3 Å². The summed E-state index contributed by atoms with van der Waals surface area (Å²) in [5.74, 6) is -0.0591. The molecule has 0 aliphatic carbocycles. The fourth-order valence-corrected chi connectivity index (χ4v) is 3.54. The van der Waals surface area contributed by atoms with Gasteiger partial charge in [-0.2, -0.15) is 0 Å². The van der Waals surface area contributed by atoms with Crippen LogP contribution in [0.1, 0.15) is 44.0 Å². The van der Waals surface area contributed by atoms with Crippen LogP contribution < -0.4 is 5.32 Å². The van der Waals surface area contributed by atoms with Crippen LogP contribution in [0.15, 0.2) is 54.7 Å². The highest BCUT2D eigenvalue weighted by Gasteiger charge is 2.16. The highest BCUT2D eigenvalue weighted by atomic mass is 16.1. The maximum Gasteiger partial charge on any atom is 0.252 e. The first-order chi connectivity index (χ1) is 14.1. The molecule has 2 aromatic heterocycles. The van der Waals surface area contributed by atoms with Crippen molar-refractivity contribution in [1.82, 2.24) is 20.2 Å². The number of nitrogens with zero attached hydrogens (tertiary/aromatic N) is 3. The summed E-state index contributed by atoms with van der Waals surface area (Å²) in [4.78, 5) is 24.6. The molecule has 0 unspecified atom stereocenters. The second-order valence-corrected chi connectivity index (χ2v) is 7.33. The zero-order valence-electron chi connectivity index (χ0n) is 17.6. The van der Waals surface area contributed by atoms with Crippen LogP contribution in [-0.2, 0) is 0 Å². The Balaban J connectivity index is 1.78. The van der Waals surface area contributed by atoms with E-state index in [4.69, 9.17) is 4.98 Å². The van der Waals surface area contributed by atoms with Crippen molar-refractivity contribution >= 4 is 16.8 Å². The number of carbonyl (C=O) groups is 1. The zero-order chi connectivity index (χ0) is 20.6. The van der Waals surface area contributed by atoms with Gasteiger partial charge in [-0.25, -0.2) is 4.98 Å². The number of carbonyl (C=O) groups excluding carboxylic acids is 1. The summed E-state index contributed by atoms with van der Waals surface area (Å²) in [6.07, 6.45) is 3.77. The van der Waals surface area contributed by atoms with Crippen LogP contribution in [0.5, 0.6) is 0 Å². The number of nitrogens with one attached hydrogen (secondary N) is 1. The largest absolute Gasteiger partial charge is 0.350 e. The zero-order valence-corrected chi connectivity index (χ0v) is 17.6.